The van der Waals surface area contributed by atoms with Gasteiger partial charge in [-0.1, -0.05) is 31.5 Å². The predicted octanol–water partition coefficient (Wildman–Crippen LogP) is 2.32. The zero-order chi connectivity index (χ0) is 8.10. The molecule has 1 N–H and O–H groups in total. The summed E-state index contributed by atoms with van der Waals surface area (Å²) in [6.45, 7) is 2.07. The average Bonchev–Trinajstić information content (AvgIpc) is 2.07. The van der Waals surface area contributed by atoms with Gasteiger partial charge in [0.2, 0.25) is 0 Å². The smallest absolute Gasteiger partial charge is 0.0790 e. The molecule has 0 spiro atoms. The summed E-state index contributed by atoms with van der Waals surface area (Å²) in [5.74, 6) is 0. The van der Waals surface area contributed by atoms with Gasteiger partial charge in [0, 0.05) is 0 Å². The fraction of sp³-hybridized carbons (Fsp3) is 0.400. The zero-order valence-electron chi connectivity index (χ0n) is 6.75. The number of aliphatic hydroxyl groups is 1. The third-order valence-electron chi connectivity index (χ3n) is 1.68. The van der Waals surface area contributed by atoms with E-state index in [1.54, 1.807) is 0 Å². The zero-order valence-corrected chi connectivity index (χ0v) is 6.75. The molecule has 11 heavy (non-hydrogen) atoms. The van der Waals surface area contributed by atoms with Crippen molar-refractivity contribution in [3.63, 3.8) is 0 Å². The van der Waals surface area contributed by atoms with Gasteiger partial charge in [0.05, 0.1) is 6.10 Å². The molecular weight excluding hydrogens is 136 g/mol. The monoisotopic (exact) mass is 149 g/mol. The van der Waals surface area contributed by atoms with E-state index in [9.17, 15) is 5.11 Å². The topological polar surface area (TPSA) is 20.2 Å². The van der Waals surface area contributed by atoms with Gasteiger partial charge in [-0.3, -0.25) is 0 Å². The molecule has 0 bridgehead atoms. The molecular formula is C10H13O. The van der Waals surface area contributed by atoms with Crippen LogP contribution in [0.2, 0.25) is 0 Å². The van der Waals surface area contributed by atoms with Gasteiger partial charge in [-0.15, -0.1) is 0 Å². The van der Waals surface area contributed by atoms with Crippen molar-refractivity contribution in [2.75, 3.05) is 0 Å². The Morgan fingerprint density at radius 1 is 1.64 bits per heavy atom. The first-order valence-electron chi connectivity index (χ1n) is 3.98. The van der Waals surface area contributed by atoms with Crippen molar-refractivity contribution in [3.05, 3.63) is 35.9 Å². The number of aliphatic hydroxyl groups excluding tert-OH is 1. The molecule has 0 aliphatic heterocycles. The molecule has 0 heterocycles. The standard InChI is InChI=1S/C10H13O/c1-2-6-10(11)9-7-4-3-5-8-9/h3-4,7-8,10-11H,2,6H2,1H3. The van der Waals surface area contributed by atoms with Crippen LogP contribution in [-0.2, 0) is 0 Å². The first-order chi connectivity index (χ1) is 5.34. The Morgan fingerprint density at radius 3 is 3.00 bits per heavy atom. The fourth-order valence-corrected chi connectivity index (χ4v) is 1.05. The molecule has 0 aliphatic carbocycles. The summed E-state index contributed by atoms with van der Waals surface area (Å²) < 4.78 is 0. The Kier molecular flexibility index (Phi) is 3.12. The molecule has 0 saturated carbocycles. The molecule has 1 nitrogen and oxygen atoms in total. The highest BCUT2D eigenvalue weighted by molar-refractivity contribution is 5.16. The van der Waals surface area contributed by atoms with Gasteiger partial charge in [-0.2, -0.15) is 0 Å². The minimum Gasteiger partial charge on any atom is -0.388 e. The van der Waals surface area contributed by atoms with Gasteiger partial charge in [-0.25, -0.2) is 0 Å². The molecule has 1 rings (SSSR count). The van der Waals surface area contributed by atoms with Crippen LogP contribution < -0.4 is 0 Å². The molecule has 1 heteroatoms. The van der Waals surface area contributed by atoms with Gasteiger partial charge in [0.15, 0.2) is 0 Å². The Bertz CT molecular complexity index is 193. The van der Waals surface area contributed by atoms with Gasteiger partial charge in [0.1, 0.15) is 0 Å². The highest BCUT2D eigenvalue weighted by Crippen LogP contribution is 2.16. The van der Waals surface area contributed by atoms with E-state index in [1.807, 2.05) is 24.3 Å². The SMILES string of the molecule is CCCC(O)c1c[c]ccc1. The molecule has 0 aliphatic rings. The second kappa shape index (κ2) is 4.14. The van der Waals surface area contributed by atoms with Crippen LogP contribution >= 0.6 is 0 Å². The van der Waals surface area contributed by atoms with Crippen molar-refractivity contribution < 1.29 is 5.11 Å². The summed E-state index contributed by atoms with van der Waals surface area (Å²) in [4.78, 5) is 0. The lowest BCUT2D eigenvalue weighted by Crippen LogP contribution is -1.95. The van der Waals surface area contributed by atoms with E-state index < -0.39 is 0 Å². The Labute approximate surface area is 67.7 Å². The van der Waals surface area contributed by atoms with Gasteiger partial charge in [-0.05, 0) is 24.1 Å². The lowest BCUT2D eigenvalue weighted by molar-refractivity contribution is 0.166. The lowest BCUT2D eigenvalue weighted by atomic mass is 10.1. The highest BCUT2D eigenvalue weighted by Gasteiger charge is 2.03. The quantitative estimate of drug-likeness (QED) is 0.699. The van der Waals surface area contributed by atoms with Gasteiger partial charge in [0.25, 0.3) is 0 Å². The van der Waals surface area contributed by atoms with Crippen LogP contribution in [-0.4, -0.2) is 5.11 Å². The van der Waals surface area contributed by atoms with Gasteiger partial charge < -0.3 is 5.11 Å². The molecule has 0 fully saturated rings. The molecule has 59 valence electrons. The molecule has 1 aromatic rings. The van der Waals surface area contributed by atoms with E-state index in [4.69, 9.17) is 0 Å². The van der Waals surface area contributed by atoms with Crippen molar-refractivity contribution in [1.29, 1.82) is 0 Å². The van der Waals surface area contributed by atoms with E-state index in [-0.39, 0.29) is 6.10 Å². The number of hydrogen-bond acceptors (Lipinski definition) is 1. The normalized spacial score (nSPS) is 12.9. The molecule has 1 radical (unpaired) electrons. The number of hydrogen-bond donors (Lipinski definition) is 1. The second-order valence-electron chi connectivity index (χ2n) is 2.64. The van der Waals surface area contributed by atoms with Crippen LogP contribution in [0.3, 0.4) is 0 Å². The largest absolute Gasteiger partial charge is 0.388 e. The fourth-order valence-electron chi connectivity index (χ4n) is 1.05. The Morgan fingerprint density at radius 2 is 2.45 bits per heavy atom. The summed E-state index contributed by atoms with van der Waals surface area (Å²) in [5, 5.41) is 9.50. The molecule has 0 aromatic heterocycles. The molecule has 0 saturated heterocycles. The van der Waals surface area contributed by atoms with Crippen molar-refractivity contribution >= 4 is 0 Å². The van der Waals surface area contributed by atoms with E-state index >= 15 is 0 Å². The van der Waals surface area contributed by atoms with Crippen LogP contribution in [0.5, 0.6) is 0 Å². The van der Waals surface area contributed by atoms with E-state index in [2.05, 4.69) is 13.0 Å². The maximum atomic E-state index is 9.50. The predicted molar refractivity (Wildman–Crippen MR) is 45.1 cm³/mol. The Hall–Kier alpha value is -0.820. The minimum atomic E-state index is -0.308. The van der Waals surface area contributed by atoms with Crippen molar-refractivity contribution in [2.24, 2.45) is 0 Å². The average molecular weight is 149 g/mol. The summed E-state index contributed by atoms with van der Waals surface area (Å²) in [6, 6.07) is 10.4. The van der Waals surface area contributed by atoms with Crippen molar-refractivity contribution in [1.82, 2.24) is 0 Å². The highest BCUT2D eigenvalue weighted by atomic mass is 16.3. The second-order valence-corrected chi connectivity index (χ2v) is 2.64. The third-order valence-corrected chi connectivity index (χ3v) is 1.68. The summed E-state index contributed by atoms with van der Waals surface area (Å²) in [5.41, 5.74) is 0.967. The third kappa shape index (κ3) is 2.35. The Balaban J connectivity index is 2.61. The van der Waals surface area contributed by atoms with Crippen LogP contribution in [0, 0.1) is 6.07 Å². The van der Waals surface area contributed by atoms with Gasteiger partial charge >= 0.3 is 0 Å². The van der Waals surface area contributed by atoms with Crippen LogP contribution in [0.4, 0.5) is 0 Å². The first kappa shape index (κ1) is 8.28. The summed E-state index contributed by atoms with van der Waals surface area (Å²) >= 11 is 0. The molecule has 0 amide bonds. The first-order valence-corrected chi connectivity index (χ1v) is 3.98. The summed E-state index contributed by atoms with van der Waals surface area (Å²) in [7, 11) is 0. The summed E-state index contributed by atoms with van der Waals surface area (Å²) in [6.07, 6.45) is 1.53. The number of rotatable bonds is 3. The number of benzene rings is 1. The van der Waals surface area contributed by atoms with Crippen molar-refractivity contribution in [2.45, 2.75) is 25.9 Å². The molecule has 1 aromatic carbocycles. The minimum absolute atomic E-state index is 0.308. The molecule has 1 atom stereocenters. The maximum Gasteiger partial charge on any atom is 0.0790 e. The maximum absolute atomic E-state index is 9.50. The van der Waals surface area contributed by atoms with E-state index in [0.29, 0.717) is 0 Å². The van der Waals surface area contributed by atoms with Crippen LogP contribution in [0.1, 0.15) is 31.4 Å². The van der Waals surface area contributed by atoms with Crippen LogP contribution in [0.15, 0.2) is 24.3 Å². The van der Waals surface area contributed by atoms with Crippen LogP contribution in [0.25, 0.3) is 0 Å². The van der Waals surface area contributed by atoms with E-state index in [1.165, 1.54) is 0 Å². The lowest BCUT2D eigenvalue weighted by Gasteiger charge is -2.07. The molecule has 1 unspecified atom stereocenters. The van der Waals surface area contributed by atoms with E-state index in [0.717, 1.165) is 18.4 Å². The van der Waals surface area contributed by atoms with Crippen molar-refractivity contribution in [3.8, 4) is 0 Å².